The Kier molecular flexibility index (Phi) is 8.34. The van der Waals surface area contributed by atoms with Gasteiger partial charge >= 0.3 is 5.97 Å². The molecule has 0 bridgehead atoms. The van der Waals surface area contributed by atoms with E-state index in [0.29, 0.717) is 19.0 Å². The van der Waals surface area contributed by atoms with Crippen molar-refractivity contribution >= 4 is 11.9 Å². The summed E-state index contributed by atoms with van der Waals surface area (Å²) < 4.78 is 16.0. The third-order valence-electron chi connectivity index (χ3n) is 4.00. The molecule has 0 saturated heterocycles. The van der Waals surface area contributed by atoms with Crippen LogP contribution in [0.3, 0.4) is 0 Å². The zero-order chi connectivity index (χ0) is 20.4. The van der Waals surface area contributed by atoms with Gasteiger partial charge in [0.2, 0.25) is 0 Å². The molecular weight excluding hydrogens is 358 g/mol. The second-order valence-electron chi connectivity index (χ2n) is 6.23. The summed E-state index contributed by atoms with van der Waals surface area (Å²) in [7, 11) is 0. The normalized spacial score (nSPS) is 11.4. The molecule has 150 valence electrons. The van der Waals surface area contributed by atoms with Crippen LogP contribution in [0.25, 0.3) is 0 Å². The van der Waals surface area contributed by atoms with Gasteiger partial charge in [-0.25, -0.2) is 0 Å². The monoisotopic (exact) mass is 385 g/mol. The molecule has 1 N–H and O–H groups in total. The Hall–Kier alpha value is -3.02. The van der Waals surface area contributed by atoms with E-state index in [2.05, 4.69) is 5.32 Å². The number of benzene rings is 2. The van der Waals surface area contributed by atoms with E-state index in [1.807, 2.05) is 62.4 Å². The van der Waals surface area contributed by atoms with Crippen molar-refractivity contribution in [3.8, 4) is 11.5 Å². The number of nitrogens with one attached hydrogen (secondary N) is 1. The van der Waals surface area contributed by atoms with Crippen molar-refractivity contribution < 1.29 is 23.8 Å². The van der Waals surface area contributed by atoms with Gasteiger partial charge < -0.3 is 19.5 Å². The minimum atomic E-state index is -0.510. The van der Waals surface area contributed by atoms with E-state index in [9.17, 15) is 9.59 Å². The summed E-state index contributed by atoms with van der Waals surface area (Å²) in [5, 5.41) is 2.85. The maximum atomic E-state index is 12.4. The van der Waals surface area contributed by atoms with Gasteiger partial charge in [0.15, 0.2) is 6.61 Å². The number of amides is 1. The average Bonchev–Trinajstić information content (AvgIpc) is 2.68. The maximum Gasteiger partial charge on any atom is 0.308 e. The summed E-state index contributed by atoms with van der Waals surface area (Å²) in [6, 6.07) is 14.2. The molecule has 1 amide bonds. The molecular formula is C22H27NO5. The fourth-order valence-electron chi connectivity index (χ4n) is 2.62. The van der Waals surface area contributed by atoms with Crippen LogP contribution in [0.15, 0.2) is 48.5 Å². The maximum absolute atomic E-state index is 12.4. The zero-order valence-electron chi connectivity index (χ0n) is 16.6. The summed E-state index contributed by atoms with van der Waals surface area (Å²) >= 11 is 0. The van der Waals surface area contributed by atoms with Crippen LogP contribution in [-0.4, -0.2) is 31.7 Å². The minimum Gasteiger partial charge on any atom is -0.494 e. The van der Waals surface area contributed by atoms with Crippen molar-refractivity contribution in [3.05, 3.63) is 59.7 Å². The van der Waals surface area contributed by atoms with Gasteiger partial charge in [-0.3, -0.25) is 9.59 Å². The fourth-order valence-corrected chi connectivity index (χ4v) is 2.62. The molecule has 2 aromatic rings. The van der Waals surface area contributed by atoms with E-state index in [-0.39, 0.29) is 24.9 Å². The first-order valence-electron chi connectivity index (χ1n) is 9.39. The van der Waals surface area contributed by atoms with Crippen LogP contribution in [-0.2, 0) is 14.3 Å². The van der Waals surface area contributed by atoms with E-state index in [4.69, 9.17) is 14.2 Å². The Labute approximate surface area is 165 Å². The van der Waals surface area contributed by atoms with Crippen molar-refractivity contribution in [2.24, 2.45) is 0 Å². The Morgan fingerprint density at radius 2 is 1.50 bits per heavy atom. The second-order valence-corrected chi connectivity index (χ2v) is 6.23. The molecule has 6 heteroatoms. The van der Waals surface area contributed by atoms with Crippen LogP contribution < -0.4 is 14.8 Å². The average molecular weight is 385 g/mol. The van der Waals surface area contributed by atoms with Crippen LogP contribution in [0.2, 0.25) is 0 Å². The first kappa shape index (κ1) is 21.3. The third kappa shape index (κ3) is 6.95. The van der Waals surface area contributed by atoms with Crippen LogP contribution in [0.4, 0.5) is 0 Å². The van der Waals surface area contributed by atoms with E-state index in [1.54, 1.807) is 6.92 Å². The van der Waals surface area contributed by atoms with Crippen LogP contribution in [0.5, 0.6) is 11.5 Å². The minimum absolute atomic E-state index is 0.0398. The van der Waals surface area contributed by atoms with Crippen molar-refractivity contribution in [2.75, 3.05) is 19.8 Å². The number of esters is 1. The summed E-state index contributed by atoms with van der Waals surface area (Å²) in [5.41, 5.74) is 1.90. The molecule has 2 rings (SSSR count). The number of carbonyl (C=O) groups excluding carboxylic acids is 2. The molecule has 0 heterocycles. The van der Waals surface area contributed by atoms with Gasteiger partial charge in [-0.1, -0.05) is 29.8 Å². The van der Waals surface area contributed by atoms with Gasteiger partial charge in [0.25, 0.3) is 5.91 Å². The van der Waals surface area contributed by atoms with Crippen molar-refractivity contribution in [2.45, 2.75) is 33.2 Å². The lowest BCUT2D eigenvalue weighted by Gasteiger charge is -2.19. The summed E-state index contributed by atoms with van der Waals surface area (Å²) in [5.74, 6) is 0.656. The van der Waals surface area contributed by atoms with Crippen molar-refractivity contribution in [3.63, 3.8) is 0 Å². The molecule has 2 aromatic carbocycles. The van der Waals surface area contributed by atoms with Gasteiger partial charge in [-0.15, -0.1) is 0 Å². The van der Waals surface area contributed by atoms with Gasteiger partial charge in [-0.2, -0.15) is 0 Å². The number of rotatable bonds is 10. The largest absolute Gasteiger partial charge is 0.494 e. The Balaban J connectivity index is 2.02. The molecule has 1 atom stereocenters. The Morgan fingerprint density at radius 1 is 0.893 bits per heavy atom. The molecule has 0 spiro atoms. The molecule has 28 heavy (non-hydrogen) atoms. The lowest BCUT2D eigenvalue weighted by atomic mass is 10.0. The summed E-state index contributed by atoms with van der Waals surface area (Å²) in [6.07, 6.45) is 0.0398. The van der Waals surface area contributed by atoms with Crippen LogP contribution in [0, 0.1) is 6.92 Å². The first-order chi connectivity index (χ1) is 13.5. The summed E-state index contributed by atoms with van der Waals surface area (Å²) in [4.78, 5) is 24.3. The van der Waals surface area contributed by atoms with Crippen LogP contribution in [0.1, 0.15) is 37.4 Å². The van der Waals surface area contributed by atoms with Gasteiger partial charge in [-0.05, 0) is 50.6 Å². The Bertz CT molecular complexity index is 756. The number of hydrogen-bond donors (Lipinski definition) is 1. The molecule has 0 aliphatic carbocycles. The summed E-state index contributed by atoms with van der Waals surface area (Å²) in [6.45, 7) is 6.36. The number of aryl methyl sites for hydroxylation is 1. The smallest absolute Gasteiger partial charge is 0.308 e. The molecule has 0 radical (unpaired) electrons. The molecule has 6 nitrogen and oxygen atoms in total. The third-order valence-corrected chi connectivity index (χ3v) is 4.00. The SMILES string of the molecule is CCOC(=O)C[C@@H](NC(=O)COc1ccc(C)cc1)c1ccc(OCC)cc1. The fraction of sp³-hybridized carbons (Fsp3) is 0.364. The van der Waals surface area contributed by atoms with Gasteiger partial charge in [0.1, 0.15) is 11.5 Å². The molecule has 0 aromatic heterocycles. The predicted molar refractivity (Wildman–Crippen MR) is 106 cm³/mol. The highest BCUT2D eigenvalue weighted by Gasteiger charge is 2.19. The zero-order valence-corrected chi connectivity index (χ0v) is 16.6. The molecule has 0 unspecified atom stereocenters. The van der Waals surface area contributed by atoms with E-state index in [1.165, 1.54) is 0 Å². The standard InChI is InChI=1S/C22H27NO5/c1-4-26-18-12-8-17(9-13-18)20(14-22(25)27-5-2)23-21(24)15-28-19-10-6-16(3)7-11-19/h6-13,20H,4-5,14-15H2,1-3H3,(H,23,24)/t20-/m1/s1. The molecule has 0 aliphatic rings. The molecule has 0 aliphatic heterocycles. The quantitative estimate of drug-likeness (QED) is 0.633. The number of hydrogen-bond acceptors (Lipinski definition) is 5. The van der Waals surface area contributed by atoms with E-state index >= 15 is 0 Å². The van der Waals surface area contributed by atoms with E-state index < -0.39 is 6.04 Å². The molecule has 0 fully saturated rings. The van der Waals surface area contributed by atoms with Crippen molar-refractivity contribution in [1.29, 1.82) is 0 Å². The highest BCUT2D eigenvalue weighted by Crippen LogP contribution is 2.21. The highest BCUT2D eigenvalue weighted by molar-refractivity contribution is 5.79. The lowest BCUT2D eigenvalue weighted by Crippen LogP contribution is -2.34. The van der Waals surface area contributed by atoms with Gasteiger partial charge in [0.05, 0.1) is 25.7 Å². The number of ether oxygens (including phenoxy) is 3. The first-order valence-corrected chi connectivity index (χ1v) is 9.39. The highest BCUT2D eigenvalue weighted by atomic mass is 16.5. The van der Waals surface area contributed by atoms with Crippen molar-refractivity contribution in [1.82, 2.24) is 5.32 Å². The van der Waals surface area contributed by atoms with E-state index in [0.717, 1.165) is 16.9 Å². The Morgan fingerprint density at radius 3 is 2.11 bits per heavy atom. The topological polar surface area (TPSA) is 73.9 Å². The predicted octanol–water partition coefficient (Wildman–Crippen LogP) is 3.58. The lowest BCUT2D eigenvalue weighted by molar-refractivity contribution is -0.143. The van der Waals surface area contributed by atoms with Gasteiger partial charge in [0, 0.05) is 0 Å². The second kappa shape index (κ2) is 11.0. The number of carbonyl (C=O) groups is 2. The molecule has 0 saturated carbocycles. The van der Waals surface area contributed by atoms with Crippen LogP contribution >= 0.6 is 0 Å².